The van der Waals surface area contributed by atoms with Crippen molar-refractivity contribution >= 4 is 112 Å². The third-order valence-corrected chi connectivity index (χ3v) is 14.8. The summed E-state index contributed by atoms with van der Waals surface area (Å²) in [6.07, 6.45) is 8.01. The molecule has 0 amide bonds. The number of rotatable bonds is 6. The van der Waals surface area contributed by atoms with Crippen LogP contribution < -0.4 is 4.90 Å². The molecular weight excluding hydrogens is 803 g/mol. The lowest BCUT2D eigenvalue weighted by Gasteiger charge is -2.26. The summed E-state index contributed by atoms with van der Waals surface area (Å²) in [5.74, 6) is 0. The van der Waals surface area contributed by atoms with Gasteiger partial charge in [0.05, 0.1) is 9.40 Å². The Morgan fingerprint density at radius 3 is 1.35 bits per heavy atom. The summed E-state index contributed by atoms with van der Waals surface area (Å²) in [5.41, 5.74) is 10.3. The third-order valence-electron chi connectivity index (χ3n) is 12.6. The molecule has 13 rings (SSSR count). The van der Waals surface area contributed by atoms with Crippen molar-refractivity contribution in [1.29, 1.82) is 0 Å². The zero-order valence-electron chi connectivity index (χ0n) is 33.9. The normalized spacial score (nSPS) is 11.8. The highest BCUT2D eigenvalue weighted by atomic mass is 32.1. The molecule has 5 heteroatoms. The van der Waals surface area contributed by atoms with Crippen LogP contribution in [0.25, 0.3) is 106 Å². The van der Waals surface area contributed by atoms with E-state index in [-0.39, 0.29) is 0 Å². The van der Waals surface area contributed by atoms with Crippen molar-refractivity contribution in [2.75, 3.05) is 4.90 Å². The Morgan fingerprint density at radius 1 is 0.302 bits per heavy atom. The van der Waals surface area contributed by atoms with Gasteiger partial charge in [0.25, 0.3) is 0 Å². The van der Waals surface area contributed by atoms with Crippen molar-refractivity contribution in [3.05, 3.63) is 213 Å². The van der Waals surface area contributed by atoms with Crippen LogP contribution in [0, 0.1) is 0 Å². The standard InChI is InChI=1S/C58H35N3S2/c1-2-8-39-29-40(14-13-36(39)7-1)41-21-27-47-42(30-41)15-16-43-31-46(26-28-48(43)47)61(44-22-17-37(18-23-44)51-32-59-34-55-57(51)49-9-3-5-11-53(49)62-55)45-24-19-38(20-25-45)52-33-60-35-56-58(52)50-10-4-6-12-54(50)63-56/h1-35H. The first-order valence-electron chi connectivity index (χ1n) is 21.2. The second-order valence-corrected chi connectivity index (χ2v) is 18.4. The maximum absolute atomic E-state index is 4.68. The summed E-state index contributed by atoms with van der Waals surface area (Å²) >= 11 is 3.60. The van der Waals surface area contributed by atoms with E-state index < -0.39 is 0 Å². The van der Waals surface area contributed by atoms with Gasteiger partial charge in [0.2, 0.25) is 0 Å². The van der Waals surface area contributed by atoms with E-state index in [9.17, 15) is 0 Å². The fourth-order valence-corrected chi connectivity index (χ4v) is 11.8. The molecule has 0 radical (unpaired) electrons. The number of pyridine rings is 2. The van der Waals surface area contributed by atoms with Crippen molar-refractivity contribution in [2.24, 2.45) is 0 Å². The van der Waals surface area contributed by atoms with Crippen LogP contribution in [0.4, 0.5) is 17.1 Å². The van der Waals surface area contributed by atoms with E-state index in [1.54, 1.807) is 22.7 Å². The van der Waals surface area contributed by atoms with Gasteiger partial charge in [-0.3, -0.25) is 9.97 Å². The van der Waals surface area contributed by atoms with Crippen molar-refractivity contribution in [1.82, 2.24) is 9.97 Å². The average molecular weight is 838 g/mol. The fourth-order valence-electron chi connectivity index (χ4n) is 9.57. The lowest BCUT2D eigenvalue weighted by atomic mass is 9.96. The molecule has 4 aromatic heterocycles. The van der Waals surface area contributed by atoms with Crippen LogP contribution in [0.3, 0.4) is 0 Å². The van der Waals surface area contributed by atoms with Crippen LogP contribution in [0.15, 0.2) is 213 Å². The fraction of sp³-hybridized carbons (Fsp3) is 0. The van der Waals surface area contributed by atoms with Crippen molar-refractivity contribution in [3.63, 3.8) is 0 Å². The molecule has 13 aromatic rings. The van der Waals surface area contributed by atoms with E-state index in [1.807, 2.05) is 24.8 Å². The van der Waals surface area contributed by atoms with Gasteiger partial charge in [-0.2, -0.15) is 0 Å². The summed E-state index contributed by atoms with van der Waals surface area (Å²) < 4.78 is 4.96. The Hall–Kier alpha value is -7.70. The van der Waals surface area contributed by atoms with Crippen molar-refractivity contribution in [2.45, 2.75) is 0 Å². The van der Waals surface area contributed by atoms with E-state index in [2.05, 4.69) is 203 Å². The Balaban J connectivity index is 0.919. The minimum absolute atomic E-state index is 1.08. The van der Waals surface area contributed by atoms with Gasteiger partial charge in [0.1, 0.15) is 0 Å². The molecule has 0 saturated carbocycles. The average Bonchev–Trinajstić information content (AvgIpc) is 3.93. The highest BCUT2D eigenvalue weighted by molar-refractivity contribution is 7.26. The zero-order valence-corrected chi connectivity index (χ0v) is 35.5. The molecule has 0 aliphatic heterocycles. The third kappa shape index (κ3) is 6.00. The predicted octanol–water partition coefficient (Wildman–Crippen LogP) is 17.1. The molecule has 0 unspecified atom stereocenters. The van der Waals surface area contributed by atoms with Gasteiger partial charge < -0.3 is 4.90 Å². The minimum atomic E-state index is 1.08. The number of benzene rings is 9. The molecular formula is C58H35N3S2. The Bertz CT molecular complexity index is 3760. The van der Waals surface area contributed by atoms with Crippen LogP contribution in [-0.4, -0.2) is 9.97 Å². The van der Waals surface area contributed by atoms with Gasteiger partial charge in [0.15, 0.2) is 0 Å². The highest BCUT2D eigenvalue weighted by Gasteiger charge is 2.18. The molecule has 0 atom stereocenters. The lowest BCUT2D eigenvalue weighted by molar-refractivity contribution is 1.29. The molecule has 0 N–H and O–H groups in total. The minimum Gasteiger partial charge on any atom is -0.310 e. The number of hydrogen-bond acceptors (Lipinski definition) is 5. The summed E-state index contributed by atoms with van der Waals surface area (Å²) in [6.45, 7) is 0. The van der Waals surface area contributed by atoms with Gasteiger partial charge in [-0.15, -0.1) is 22.7 Å². The predicted molar refractivity (Wildman–Crippen MR) is 271 cm³/mol. The number of fused-ring (bicyclic) bond motifs is 10. The van der Waals surface area contributed by atoms with E-state index in [0.717, 1.165) is 39.3 Å². The molecule has 63 heavy (non-hydrogen) atoms. The summed E-state index contributed by atoms with van der Waals surface area (Å²) in [5, 5.41) is 12.5. The first-order valence-corrected chi connectivity index (χ1v) is 22.8. The molecule has 0 fully saturated rings. The van der Waals surface area contributed by atoms with E-state index in [4.69, 9.17) is 0 Å². The summed E-state index contributed by atoms with van der Waals surface area (Å²) in [6, 6.07) is 68.9. The van der Waals surface area contributed by atoms with Crippen molar-refractivity contribution in [3.8, 4) is 33.4 Å². The maximum atomic E-state index is 4.68. The number of anilines is 3. The Labute approximate surface area is 371 Å². The first-order chi connectivity index (χ1) is 31.2. The molecule has 0 saturated heterocycles. The largest absolute Gasteiger partial charge is 0.310 e. The van der Waals surface area contributed by atoms with E-state index >= 15 is 0 Å². The first kappa shape index (κ1) is 36.0. The van der Waals surface area contributed by atoms with E-state index in [1.165, 1.54) is 83.8 Å². The number of hydrogen-bond donors (Lipinski definition) is 0. The molecule has 3 nitrogen and oxygen atoms in total. The highest BCUT2D eigenvalue weighted by Crippen LogP contribution is 2.44. The topological polar surface area (TPSA) is 29.0 Å². The number of aromatic nitrogens is 2. The molecule has 294 valence electrons. The van der Waals surface area contributed by atoms with Gasteiger partial charge in [-0.05, 0) is 115 Å². The maximum Gasteiger partial charge on any atom is 0.0545 e. The number of nitrogens with zero attached hydrogens (tertiary/aromatic N) is 3. The zero-order chi connectivity index (χ0) is 41.4. The monoisotopic (exact) mass is 837 g/mol. The van der Waals surface area contributed by atoms with Gasteiger partial charge >= 0.3 is 0 Å². The quantitative estimate of drug-likeness (QED) is 0.156. The smallest absolute Gasteiger partial charge is 0.0545 e. The van der Waals surface area contributed by atoms with E-state index in [0.29, 0.717) is 0 Å². The molecule has 0 spiro atoms. The molecule has 9 aromatic carbocycles. The van der Waals surface area contributed by atoms with Crippen LogP contribution >= 0.6 is 22.7 Å². The van der Waals surface area contributed by atoms with Gasteiger partial charge in [-0.25, -0.2) is 0 Å². The summed E-state index contributed by atoms with van der Waals surface area (Å²) in [4.78, 5) is 11.7. The second-order valence-electron chi connectivity index (χ2n) is 16.2. The Kier molecular flexibility index (Phi) is 8.26. The van der Waals surface area contributed by atoms with Crippen LogP contribution in [-0.2, 0) is 0 Å². The van der Waals surface area contributed by atoms with Crippen LogP contribution in [0.2, 0.25) is 0 Å². The van der Waals surface area contributed by atoms with Crippen molar-refractivity contribution < 1.29 is 0 Å². The Morgan fingerprint density at radius 2 is 0.746 bits per heavy atom. The number of thiophene rings is 2. The van der Waals surface area contributed by atoms with Gasteiger partial charge in [0, 0.05) is 83.9 Å². The second kappa shape index (κ2) is 14.5. The molecule has 0 bridgehead atoms. The summed E-state index contributed by atoms with van der Waals surface area (Å²) in [7, 11) is 0. The molecule has 0 aliphatic carbocycles. The lowest BCUT2D eigenvalue weighted by Crippen LogP contribution is -2.10. The van der Waals surface area contributed by atoms with Crippen LogP contribution in [0.1, 0.15) is 0 Å². The molecule has 4 heterocycles. The molecule has 0 aliphatic rings. The SMILES string of the molecule is c1ccc2cc(-c3ccc4c(ccc5cc(N(c6ccc(-c7cncc8sc9ccccc9c78)cc6)c6ccc(-c7cncc8sc9ccccc9c78)cc6)ccc54)c3)ccc2c1. The van der Waals surface area contributed by atoms with Crippen LogP contribution in [0.5, 0.6) is 0 Å². The van der Waals surface area contributed by atoms with Gasteiger partial charge in [-0.1, -0.05) is 127 Å².